The van der Waals surface area contributed by atoms with Crippen LogP contribution in [0.3, 0.4) is 0 Å². The normalized spacial score (nSPS) is 11.9. The van der Waals surface area contributed by atoms with E-state index in [1.165, 1.54) is 0 Å². The quantitative estimate of drug-likeness (QED) is 0.293. The van der Waals surface area contributed by atoms with E-state index in [2.05, 4.69) is 0 Å². The van der Waals surface area contributed by atoms with Crippen LogP contribution in [0, 0.1) is 6.92 Å². The lowest BCUT2D eigenvalue weighted by Crippen LogP contribution is -2.03. The smallest absolute Gasteiger partial charge is 0.204 e. The fourth-order valence-electron chi connectivity index (χ4n) is 3.34. The van der Waals surface area contributed by atoms with Crippen LogP contribution in [0.5, 0.6) is 0 Å². The molecule has 3 heteroatoms. The Balaban J connectivity index is 2.21. The van der Waals surface area contributed by atoms with E-state index in [4.69, 9.17) is 8.83 Å². The topological polar surface area (TPSA) is 43.4 Å². The minimum atomic E-state index is -0.0457. The Morgan fingerprint density at radius 2 is 1.61 bits per heavy atom. The highest BCUT2D eigenvalue weighted by atomic mass is 16.3. The Morgan fingerprint density at radius 1 is 0.826 bits per heavy atom. The van der Waals surface area contributed by atoms with Gasteiger partial charge in [0.1, 0.15) is 22.1 Å². The first-order valence-electron chi connectivity index (χ1n) is 7.49. The number of aryl methyl sites for hydroxylation is 1. The molecule has 2 heterocycles. The molecule has 0 aliphatic rings. The minimum Gasteiger partial charge on any atom is -0.463 e. The number of hydrogen-bond donors (Lipinski definition) is 0. The van der Waals surface area contributed by atoms with E-state index in [1.807, 2.05) is 55.5 Å². The second-order valence-corrected chi connectivity index (χ2v) is 5.84. The molecule has 2 aromatic heterocycles. The van der Waals surface area contributed by atoms with E-state index in [1.54, 1.807) is 6.26 Å². The van der Waals surface area contributed by atoms with Crippen LogP contribution in [0.4, 0.5) is 0 Å². The zero-order chi connectivity index (χ0) is 15.6. The fraction of sp³-hybridized carbons (Fsp3) is 0.0500. The second-order valence-electron chi connectivity index (χ2n) is 5.84. The molecule has 0 fully saturated rings. The molecule has 0 spiro atoms. The van der Waals surface area contributed by atoms with Gasteiger partial charge in [-0.3, -0.25) is 4.79 Å². The summed E-state index contributed by atoms with van der Waals surface area (Å²) in [5.74, 6) is 0. The van der Waals surface area contributed by atoms with Crippen LogP contribution < -0.4 is 5.43 Å². The molecule has 0 unspecified atom stereocenters. The van der Waals surface area contributed by atoms with Crippen LogP contribution in [-0.2, 0) is 0 Å². The summed E-state index contributed by atoms with van der Waals surface area (Å²) < 4.78 is 11.8. The van der Waals surface area contributed by atoms with Gasteiger partial charge in [-0.15, -0.1) is 0 Å². The Morgan fingerprint density at radius 3 is 2.48 bits per heavy atom. The van der Waals surface area contributed by atoms with Crippen molar-refractivity contribution in [1.82, 2.24) is 0 Å². The largest absolute Gasteiger partial charge is 0.463 e. The van der Waals surface area contributed by atoms with Crippen LogP contribution in [0.15, 0.2) is 68.4 Å². The lowest BCUT2D eigenvalue weighted by Gasteiger charge is -2.07. The van der Waals surface area contributed by atoms with E-state index in [0.29, 0.717) is 27.5 Å². The van der Waals surface area contributed by atoms with Crippen molar-refractivity contribution in [3.8, 4) is 0 Å². The van der Waals surface area contributed by atoms with E-state index in [-0.39, 0.29) is 5.43 Å². The lowest BCUT2D eigenvalue weighted by atomic mass is 10.0. The summed E-state index contributed by atoms with van der Waals surface area (Å²) in [6, 6.07) is 15.5. The van der Waals surface area contributed by atoms with Crippen LogP contribution >= 0.6 is 0 Å². The molecule has 0 aliphatic heterocycles. The van der Waals surface area contributed by atoms with Gasteiger partial charge in [0.25, 0.3) is 0 Å². The molecular formula is C20H12O3. The molecular weight excluding hydrogens is 288 g/mol. The Bertz CT molecular complexity index is 1290. The molecule has 3 nitrogen and oxygen atoms in total. The predicted octanol–water partition coefficient (Wildman–Crippen LogP) is 5.15. The van der Waals surface area contributed by atoms with Gasteiger partial charge in [-0.2, -0.15) is 0 Å². The van der Waals surface area contributed by atoms with Crippen molar-refractivity contribution in [3.05, 3.63) is 70.6 Å². The number of rotatable bonds is 0. The molecule has 0 saturated carbocycles. The maximum absolute atomic E-state index is 13.1. The lowest BCUT2D eigenvalue weighted by molar-refractivity contribution is 0.617. The summed E-state index contributed by atoms with van der Waals surface area (Å²) in [5, 5.41) is 3.99. The number of fused-ring (bicyclic) bond motifs is 7. The average molecular weight is 300 g/mol. The zero-order valence-corrected chi connectivity index (χ0v) is 12.4. The van der Waals surface area contributed by atoms with Crippen LogP contribution in [-0.4, -0.2) is 0 Å². The summed E-state index contributed by atoms with van der Waals surface area (Å²) in [4.78, 5) is 13.1. The van der Waals surface area contributed by atoms with Gasteiger partial charge in [0.05, 0.1) is 11.6 Å². The van der Waals surface area contributed by atoms with Gasteiger partial charge in [-0.25, -0.2) is 0 Å². The van der Waals surface area contributed by atoms with Crippen LogP contribution in [0.2, 0.25) is 0 Å². The van der Waals surface area contributed by atoms with Crippen molar-refractivity contribution >= 4 is 43.7 Å². The summed E-state index contributed by atoms with van der Waals surface area (Å²) >= 11 is 0. The van der Waals surface area contributed by atoms with E-state index in [9.17, 15) is 4.79 Å². The van der Waals surface area contributed by atoms with Gasteiger partial charge >= 0.3 is 0 Å². The summed E-state index contributed by atoms with van der Waals surface area (Å²) in [6.45, 7) is 1.96. The van der Waals surface area contributed by atoms with Gasteiger partial charge in [0, 0.05) is 10.8 Å². The van der Waals surface area contributed by atoms with Crippen LogP contribution in [0.1, 0.15) is 5.56 Å². The van der Waals surface area contributed by atoms with Gasteiger partial charge in [0.15, 0.2) is 0 Å². The molecule has 5 aromatic rings. The maximum Gasteiger partial charge on any atom is 0.204 e. The fourth-order valence-corrected chi connectivity index (χ4v) is 3.34. The first-order valence-corrected chi connectivity index (χ1v) is 7.49. The monoisotopic (exact) mass is 300 g/mol. The molecule has 3 aromatic carbocycles. The highest BCUT2D eigenvalue weighted by Gasteiger charge is 2.17. The molecule has 0 amide bonds. The Labute approximate surface area is 130 Å². The second kappa shape index (κ2) is 4.23. The van der Waals surface area contributed by atoms with E-state index >= 15 is 0 Å². The van der Waals surface area contributed by atoms with Crippen molar-refractivity contribution < 1.29 is 8.83 Å². The highest BCUT2D eigenvalue weighted by Crippen LogP contribution is 2.35. The first kappa shape index (κ1) is 12.5. The third-order valence-electron chi connectivity index (χ3n) is 4.40. The minimum absolute atomic E-state index is 0.0457. The van der Waals surface area contributed by atoms with Gasteiger partial charge in [-0.05, 0) is 30.5 Å². The Hall–Kier alpha value is -3.07. The molecule has 110 valence electrons. The molecule has 0 N–H and O–H groups in total. The molecule has 23 heavy (non-hydrogen) atoms. The SMILES string of the molecule is Cc1ccc2oc3c4ccccc4c4ccoc4c3c(=O)c2c1. The molecule has 5 rings (SSSR count). The van der Waals surface area contributed by atoms with Crippen molar-refractivity contribution in [2.75, 3.05) is 0 Å². The standard InChI is InChI=1S/C20H12O3/c1-11-6-7-16-15(10-11)18(21)17-19-14(8-9-22-19)12-4-2-3-5-13(12)20(17)23-16/h2-10H,1H3. The van der Waals surface area contributed by atoms with Gasteiger partial charge in [0.2, 0.25) is 5.43 Å². The Kier molecular flexibility index (Phi) is 2.29. The third-order valence-corrected chi connectivity index (χ3v) is 4.40. The van der Waals surface area contributed by atoms with E-state index < -0.39 is 0 Å². The number of furan rings is 1. The van der Waals surface area contributed by atoms with Crippen molar-refractivity contribution in [1.29, 1.82) is 0 Å². The molecule has 0 atom stereocenters. The highest BCUT2D eigenvalue weighted by molar-refractivity contribution is 6.22. The van der Waals surface area contributed by atoms with E-state index in [0.717, 1.165) is 21.7 Å². The van der Waals surface area contributed by atoms with Crippen molar-refractivity contribution in [2.24, 2.45) is 0 Å². The molecule has 0 radical (unpaired) electrons. The van der Waals surface area contributed by atoms with Gasteiger partial charge in [-0.1, -0.05) is 35.9 Å². The van der Waals surface area contributed by atoms with Crippen LogP contribution in [0.25, 0.3) is 43.7 Å². The van der Waals surface area contributed by atoms with Crippen molar-refractivity contribution in [3.63, 3.8) is 0 Å². The molecule has 0 aliphatic carbocycles. The summed E-state index contributed by atoms with van der Waals surface area (Å²) in [6.07, 6.45) is 1.62. The first-order chi connectivity index (χ1) is 11.2. The zero-order valence-electron chi connectivity index (χ0n) is 12.4. The van der Waals surface area contributed by atoms with Crippen molar-refractivity contribution in [2.45, 2.75) is 6.92 Å². The predicted molar refractivity (Wildman–Crippen MR) is 92.0 cm³/mol. The summed E-state index contributed by atoms with van der Waals surface area (Å²) in [5.41, 5.74) is 2.76. The molecule has 0 saturated heterocycles. The number of benzene rings is 3. The number of hydrogen-bond acceptors (Lipinski definition) is 3. The van der Waals surface area contributed by atoms with Gasteiger partial charge < -0.3 is 8.83 Å². The average Bonchev–Trinajstić information content (AvgIpc) is 3.05. The molecule has 0 bridgehead atoms. The maximum atomic E-state index is 13.1. The third kappa shape index (κ3) is 1.56. The summed E-state index contributed by atoms with van der Waals surface area (Å²) in [7, 11) is 0.